The number of ether oxygens (including phenoxy) is 1. The molecule has 6 heterocycles. The first-order valence-corrected chi connectivity index (χ1v) is 20.5. The molecule has 16 nitrogen and oxygen atoms in total. The summed E-state index contributed by atoms with van der Waals surface area (Å²) < 4.78 is 5.42. The quantitative estimate of drug-likeness (QED) is 0.318. The van der Waals surface area contributed by atoms with Gasteiger partial charge >= 0.3 is 6.03 Å². The second-order valence-electron chi connectivity index (χ2n) is 16.2. The van der Waals surface area contributed by atoms with Crippen LogP contribution in [-0.2, 0) is 9.59 Å². The van der Waals surface area contributed by atoms with Crippen LogP contribution in [0, 0.1) is 17.2 Å². The molecule has 2 aromatic carbocycles. The minimum absolute atomic E-state index is 0.0448. The first-order chi connectivity index (χ1) is 28.5. The van der Waals surface area contributed by atoms with E-state index in [4.69, 9.17) is 9.72 Å². The maximum Gasteiger partial charge on any atom is 0.322 e. The van der Waals surface area contributed by atoms with Crippen LogP contribution in [0.15, 0.2) is 54.7 Å². The van der Waals surface area contributed by atoms with Crippen LogP contribution in [0.1, 0.15) is 65.8 Å². The number of aromatic nitrogens is 1. The van der Waals surface area contributed by atoms with E-state index in [1.807, 2.05) is 42.2 Å². The first-order valence-electron chi connectivity index (χ1n) is 20.5. The fraction of sp³-hybridized carbons (Fsp3) is 0.465. The molecule has 5 aliphatic heterocycles. The van der Waals surface area contributed by atoms with Crippen molar-refractivity contribution in [3.8, 4) is 11.8 Å². The van der Waals surface area contributed by atoms with Crippen molar-refractivity contribution in [3.63, 3.8) is 0 Å². The zero-order chi connectivity index (χ0) is 41.4. The average Bonchev–Trinajstić information content (AvgIpc) is 3.49. The Hall–Kier alpha value is -6.21. The summed E-state index contributed by atoms with van der Waals surface area (Å²) in [7, 11) is 1.56. The number of methoxy groups -OCH3 is 1. The van der Waals surface area contributed by atoms with Gasteiger partial charge in [0.25, 0.3) is 11.8 Å². The Kier molecular flexibility index (Phi) is 11.1. The average molecular weight is 803 g/mol. The summed E-state index contributed by atoms with van der Waals surface area (Å²) in [6.45, 7) is 11.5. The van der Waals surface area contributed by atoms with Gasteiger partial charge in [-0.25, -0.2) is 9.78 Å². The number of nitrogens with zero attached hydrogens (tertiary/aromatic N) is 8. The minimum atomic E-state index is -0.975. The van der Waals surface area contributed by atoms with Crippen LogP contribution in [0.5, 0.6) is 5.75 Å². The highest BCUT2D eigenvalue weighted by atomic mass is 16.5. The molecule has 3 aromatic rings. The third-order valence-electron chi connectivity index (χ3n) is 12.5. The van der Waals surface area contributed by atoms with E-state index in [1.165, 1.54) is 0 Å². The number of anilines is 4. The zero-order valence-electron chi connectivity index (χ0n) is 33.7. The molecule has 16 heteroatoms. The Morgan fingerprint density at radius 3 is 2.31 bits per heavy atom. The molecule has 59 heavy (non-hydrogen) atoms. The topological polar surface area (TPSA) is 175 Å². The normalized spacial score (nSPS) is 22.9. The number of nitrogens with one attached hydrogen (secondary N) is 2. The van der Waals surface area contributed by atoms with Gasteiger partial charge < -0.3 is 29.7 Å². The van der Waals surface area contributed by atoms with Gasteiger partial charge in [-0.15, -0.1) is 0 Å². The van der Waals surface area contributed by atoms with E-state index in [-0.39, 0.29) is 31.0 Å². The van der Waals surface area contributed by atoms with Crippen LogP contribution in [0.25, 0.3) is 0 Å². The number of hydrogen-bond acceptors (Lipinski definition) is 12. The van der Waals surface area contributed by atoms with Gasteiger partial charge in [-0.2, -0.15) is 5.26 Å². The fourth-order valence-corrected chi connectivity index (χ4v) is 9.12. The number of imide groups is 2. The highest BCUT2D eigenvalue weighted by Gasteiger charge is 2.45. The number of pyridine rings is 1. The standard InChI is InChI=1S/C43H50N10O6/c1-27-25-52(28(2)24-51(27)33-6-4-30(22-44)37(21-33)59-3)43(58)46-31-5-10-38(45-23-31)50-14-12-29(13-15-50)26-48-16-18-49(19-17-48)32-7-8-34-35(20-32)42(57)53(41(34)56)36-9-11-39(54)47-40(36)55/h4-8,10,20-21,23,27-29,36H,9,11-19,24-26H2,1-3H3,(H,46,58)(H,47,54,55)/t27-,28+,36?/m0/s1. The Morgan fingerprint density at radius 2 is 1.61 bits per heavy atom. The first kappa shape index (κ1) is 39.6. The highest BCUT2D eigenvalue weighted by Crippen LogP contribution is 2.33. The molecule has 5 aliphatic rings. The van der Waals surface area contributed by atoms with Crippen molar-refractivity contribution < 1.29 is 28.7 Å². The van der Waals surface area contributed by atoms with E-state index in [1.54, 1.807) is 31.5 Å². The van der Waals surface area contributed by atoms with Crippen molar-refractivity contribution >= 4 is 52.5 Å². The summed E-state index contributed by atoms with van der Waals surface area (Å²) >= 11 is 0. The number of carbonyl (C=O) groups is 5. The van der Waals surface area contributed by atoms with Crippen LogP contribution in [0.4, 0.5) is 27.7 Å². The van der Waals surface area contributed by atoms with Crippen LogP contribution in [0.3, 0.4) is 0 Å². The maximum absolute atomic E-state index is 13.4. The summed E-state index contributed by atoms with van der Waals surface area (Å²) in [5.41, 5.74) is 3.58. The molecule has 1 aromatic heterocycles. The molecule has 0 bridgehead atoms. The number of amides is 6. The predicted molar refractivity (Wildman–Crippen MR) is 221 cm³/mol. The molecule has 4 saturated heterocycles. The largest absolute Gasteiger partial charge is 0.495 e. The lowest BCUT2D eigenvalue weighted by atomic mass is 9.96. The molecule has 2 N–H and O–H groups in total. The second-order valence-corrected chi connectivity index (χ2v) is 16.2. The lowest BCUT2D eigenvalue weighted by molar-refractivity contribution is -0.136. The van der Waals surface area contributed by atoms with Crippen molar-refractivity contribution in [3.05, 3.63) is 71.4 Å². The molecule has 0 spiro atoms. The van der Waals surface area contributed by atoms with Crippen molar-refractivity contribution in [2.75, 3.05) is 86.0 Å². The van der Waals surface area contributed by atoms with Gasteiger partial charge in [0, 0.05) is 94.8 Å². The Bertz CT molecular complexity index is 2180. The second kappa shape index (κ2) is 16.6. The van der Waals surface area contributed by atoms with Crippen molar-refractivity contribution in [2.24, 2.45) is 5.92 Å². The molecule has 1 unspecified atom stereocenters. The summed E-state index contributed by atoms with van der Waals surface area (Å²) in [6, 6.07) is 15.8. The number of piperidine rings is 2. The van der Waals surface area contributed by atoms with Crippen molar-refractivity contribution in [1.29, 1.82) is 5.26 Å². The molecule has 4 fully saturated rings. The van der Waals surface area contributed by atoms with Gasteiger partial charge in [0.2, 0.25) is 11.8 Å². The van der Waals surface area contributed by atoms with Crippen LogP contribution >= 0.6 is 0 Å². The SMILES string of the molecule is COc1cc(N2C[C@@H](C)N(C(=O)Nc3ccc(N4CCC(CN5CCN(c6ccc7c(c6)C(=O)N(C6CCC(=O)NC6=O)C7=O)CC5)CC4)nc3)C[C@@H]2C)ccc1C#N. The molecule has 308 valence electrons. The van der Waals surface area contributed by atoms with E-state index in [0.717, 1.165) is 80.7 Å². The molecule has 3 atom stereocenters. The number of fused-ring (bicyclic) bond motifs is 1. The van der Waals surface area contributed by atoms with E-state index in [2.05, 4.69) is 43.2 Å². The van der Waals surface area contributed by atoms with E-state index in [9.17, 15) is 29.2 Å². The van der Waals surface area contributed by atoms with E-state index < -0.39 is 29.7 Å². The highest BCUT2D eigenvalue weighted by molar-refractivity contribution is 6.23. The third kappa shape index (κ3) is 7.99. The van der Waals surface area contributed by atoms with Crippen LogP contribution < -0.4 is 30.1 Å². The van der Waals surface area contributed by atoms with Crippen molar-refractivity contribution in [2.45, 2.75) is 57.7 Å². The number of urea groups is 1. The summed E-state index contributed by atoms with van der Waals surface area (Å²) in [4.78, 5) is 80.8. The number of hydrogen-bond donors (Lipinski definition) is 2. The Balaban J connectivity index is 0.778. The molecule has 0 saturated carbocycles. The monoisotopic (exact) mass is 802 g/mol. The van der Waals surface area contributed by atoms with Gasteiger partial charge in [-0.3, -0.25) is 34.3 Å². The number of carbonyl (C=O) groups excluding carboxylic acids is 5. The lowest BCUT2D eigenvalue weighted by Gasteiger charge is -2.45. The van der Waals surface area contributed by atoms with Gasteiger partial charge in [0.1, 0.15) is 23.7 Å². The third-order valence-corrected chi connectivity index (χ3v) is 12.5. The molecule has 0 aliphatic carbocycles. The van der Waals surface area contributed by atoms with Gasteiger partial charge in [-0.05, 0) is 81.5 Å². The molecule has 8 rings (SSSR count). The Labute approximate surface area is 343 Å². The van der Waals surface area contributed by atoms with Gasteiger partial charge in [0.15, 0.2) is 0 Å². The van der Waals surface area contributed by atoms with Gasteiger partial charge in [0.05, 0.1) is 35.7 Å². The summed E-state index contributed by atoms with van der Waals surface area (Å²) in [6.07, 6.45) is 4.07. The Morgan fingerprint density at radius 1 is 0.864 bits per heavy atom. The molecular formula is C43H50N10O6. The number of piperazine rings is 2. The number of rotatable bonds is 8. The number of nitriles is 1. The van der Waals surface area contributed by atoms with E-state index in [0.29, 0.717) is 47.1 Å². The van der Waals surface area contributed by atoms with E-state index >= 15 is 0 Å². The lowest BCUT2D eigenvalue weighted by Crippen LogP contribution is -2.59. The molecule has 6 amide bonds. The summed E-state index contributed by atoms with van der Waals surface area (Å²) in [5, 5.41) is 14.7. The fourth-order valence-electron chi connectivity index (χ4n) is 9.12. The predicted octanol–water partition coefficient (Wildman–Crippen LogP) is 3.53. The molecular weight excluding hydrogens is 753 g/mol. The zero-order valence-corrected chi connectivity index (χ0v) is 33.7. The smallest absolute Gasteiger partial charge is 0.322 e. The van der Waals surface area contributed by atoms with Crippen LogP contribution in [0.2, 0.25) is 0 Å². The van der Waals surface area contributed by atoms with Crippen LogP contribution in [-0.4, -0.2) is 133 Å². The number of benzene rings is 2. The maximum atomic E-state index is 13.4. The summed E-state index contributed by atoms with van der Waals surface area (Å²) in [5.74, 6) is 0.0306. The minimum Gasteiger partial charge on any atom is -0.495 e. The van der Waals surface area contributed by atoms with Gasteiger partial charge in [-0.1, -0.05) is 0 Å². The molecule has 0 radical (unpaired) electrons. The van der Waals surface area contributed by atoms with Crippen molar-refractivity contribution in [1.82, 2.24) is 25.0 Å².